The van der Waals surface area contributed by atoms with E-state index in [2.05, 4.69) is 10.4 Å². The predicted molar refractivity (Wildman–Crippen MR) is 100 cm³/mol. The summed E-state index contributed by atoms with van der Waals surface area (Å²) in [6.45, 7) is 1.15. The average molecular weight is 404 g/mol. The topological polar surface area (TPSA) is 93.5 Å². The van der Waals surface area contributed by atoms with Gasteiger partial charge in [-0.05, 0) is 49.4 Å². The molecule has 7 nitrogen and oxygen atoms in total. The molecule has 2 N–H and O–H groups in total. The van der Waals surface area contributed by atoms with Gasteiger partial charge in [0.1, 0.15) is 22.9 Å². The van der Waals surface area contributed by atoms with Crippen LogP contribution in [0.15, 0.2) is 48.5 Å². The van der Waals surface area contributed by atoms with E-state index in [1.54, 1.807) is 13.0 Å². The Hall–Kier alpha value is -3.39. The number of hydrogen-bond acceptors (Lipinski definition) is 5. The van der Waals surface area contributed by atoms with Gasteiger partial charge in [0.2, 0.25) is 0 Å². The Morgan fingerprint density at radius 2 is 1.93 bits per heavy atom. The molecule has 0 fully saturated rings. The highest BCUT2D eigenvalue weighted by Gasteiger charge is 2.16. The molecule has 3 rings (SSSR count). The molecule has 0 bridgehead atoms. The number of amides is 1. The summed E-state index contributed by atoms with van der Waals surface area (Å²) in [6, 6.07) is 11.1. The number of esters is 1. The number of nitrogens with one attached hydrogen (secondary N) is 1. The van der Waals surface area contributed by atoms with Gasteiger partial charge in [-0.2, -0.15) is 5.10 Å². The molecule has 28 heavy (non-hydrogen) atoms. The van der Waals surface area contributed by atoms with Gasteiger partial charge in [-0.15, -0.1) is 0 Å². The second kappa shape index (κ2) is 8.10. The molecule has 0 saturated carbocycles. The molecule has 0 saturated heterocycles. The fourth-order valence-electron chi connectivity index (χ4n) is 2.43. The number of aryl methyl sites for hydroxylation is 1. The van der Waals surface area contributed by atoms with E-state index in [-0.39, 0.29) is 16.3 Å². The summed E-state index contributed by atoms with van der Waals surface area (Å²) in [4.78, 5) is 24.2. The van der Waals surface area contributed by atoms with Crippen LogP contribution in [0.4, 0.5) is 10.2 Å². The average Bonchev–Trinajstić information content (AvgIpc) is 3.02. The van der Waals surface area contributed by atoms with Crippen LogP contribution < -0.4 is 5.32 Å². The maximum absolute atomic E-state index is 13.1. The van der Waals surface area contributed by atoms with Crippen molar-refractivity contribution < 1.29 is 23.8 Å². The van der Waals surface area contributed by atoms with Crippen LogP contribution in [0.5, 0.6) is 5.75 Å². The van der Waals surface area contributed by atoms with E-state index in [0.717, 1.165) is 0 Å². The monoisotopic (exact) mass is 403 g/mol. The fraction of sp³-hybridized carbons (Fsp3) is 0.105. The number of carbonyl (C=O) groups excluding carboxylic acids is 2. The van der Waals surface area contributed by atoms with E-state index in [1.165, 1.54) is 47.1 Å². The van der Waals surface area contributed by atoms with Crippen molar-refractivity contribution in [2.45, 2.75) is 6.92 Å². The molecule has 0 aliphatic heterocycles. The number of benzene rings is 2. The van der Waals surface area contributed by atoms with Gasteiger partial charge in [-0.1, -0.05) is 11.6 Å². The Labute approximate surface area is 164 Å². The van der Waals surface area contributed by atoms with E-state index < -0.39 is 24.3 Å². The van der Waals surface area contributed by atoms with Crippen molar-refractivity contribution in [3.8, 4) is 11.4 Å². The summed E-state index contributed by atoms with van der Waals surface area (Å²) in [5, 5.41) is 16.8. The number of ether oxygens (including phenoxy) is 1. The molecule has 0 aliphatic rings. The van der Waals surface area contributed by atoms with E-state index >= 15 is 0 Å². The number of aromatic nitrogens is 2. The lowest BCUT2D eigenvalue weighted by Crippen LogP contribution is -2.22. The van der Waals surface area contributed by atoms with Crippen molar-refractivity contribution >= 4 is 29.3 Å². The number of nitrogens with zero attached hydrogens (tertiary/aromatic N) is 2. The van der Waals surface area contributed by atoms with Crippen molar-refractivity contribution in [3.05, 3.63) is 70.6 Å². The van der Waals surface area contributed by atoms with Gasteiger partial charge in [-0.25, -0.2) is 13.9 Å². The minimum absolute atomic E-state index is 0.146. The minimum atomic E-state index is -0.890. The molecule has 0 spiro atoms. The van der Waals surface area contributed by atoms with E-state index in [1.807, 2.05) is 0 Å². The smallest absolute Gasteiger partial charge is 0.342 e. The number of aromatic hydroxyl groups is 1. The number of phenolic OH excluding ortho intramolecular Hbond substituents is 1. The highest BCUT2D eigenvalue weighted by Crippen LogP contribution is 2.22. The molecule has 2 aromatic carbocycles. The van der Waals surface area contributed by atoms with Crippen molar-refractivity contribution in [2.75, 3.05) is 11.9 Å². The van der Waals surface area contributed by atoms with Crippen LogP contribution in [-0.4, -0.2) is 33.4 Å². The molecule has 1 aromatic heterocycles. The molecule has 0 unspecified atom stereocenters. The fourth-order valence-corrected chi connectivity index (χ4v) is 2.60. The number of rotatable bonds is 5. The van der Waals surface area contributed by atoms with Crippen molar-refractivity contribution in [1.29, 1.82) is 0 Å². The molecule has 144 valence electrons. The van der Waals surface area contributed by atoms with Crippen LogP contribution in [0.2, 0.25) is 5.02 Å². The number of hydrogen-bond donors (Lipinski definition) is 2. The highest BCUT2D eigenvalue weighted by atomic mass is 35.5. The second-order valence-corrected chi connectivity index (χ2v) is 6.28. The zero-order valence-electron chi connectivity index (χ0n) is 14.6. The van der Waals surface area contributed by atoms with E-state index in [9.17, 15) is 19.1 Å². The molecular weight excluding hydrogens is 389 g/mol. The van der Waals surface area contributed by atoms with Crippen molar-refractivity contribution in [1.82, 2.24) is 9.78 Å². The van der Waals surface area contributed by atoms with Crippen molar-refractivity contribution in [2.24, 2.45) is 0 Å². The number of halogens is 2. The molecule has 1 heterocycles. The van der Waals surface area contributed by atoms with Gasteiger partial charge < -0.3 is 15.2 Å². The Bertz CT molecular complexity index is 1030. The third-order valence-corrected chi connectivity index (χ3v) is 3.92. The standard InChI is InChI=1S/C19H15ClFN3O4/c1-11-8-17(24(23-11)14-5-3-13(21)4-6-14)22-18(26)10-28-19(27)15-9-12(20)2-7-16(15)25/h2-9,25H,10H2,1H3,(H,22,26). The van der Waals surface area contributed by atoms with Gasteiger partial charge in [0.15, 0.2) is 6.61 Å². The normalized spacial score (nSPS) is 10.5. The van der Waals surface area contributed by atoms with Crippen LogP contribution in [0.1, 0.15) is 16.1 Å². The summed E-state index contributed by atoms with van der Waals surface area (Å²) >= 11 is 5.79. The van der Waals surface area contributed by atoms with Gasteiger partial charge >= 0.3 is 5.97 Å². The first-order valence-electron chi connectivity index (χ1n) is 8.11. The minimum Gasteiger partial charge on any atom is -0.507 e. The summed E-state index contributed by atoms with van der Waals surface area (Å²) in [7, 11) is 0. The lowest BCUT2D eigenvalue weighted by Gasteiger charge is -2.10. The van der Waals surface area contributed by atoms with Crippen LogP contribution in [0, 0.1) is 12.7 Å². The third kappa shape index (κ3) is 4.47. The number of anilines is 1. The third-order valence-electron chi connectivity index (χ3n) is 3.68. The van der Waals surface area contributed by atoms with Gasteiger partial charge in [-0.3, -0.25) is 4.79 Å². The van der Waals surface area contributed by atoms with E-state index in [4.69, 9.17) is 16.3 Å². The number of carbonyl (C=O) groups is 2. The van der Waals surface area contributed by atoms with Crippen LogP contribution in [0.3, 0.4) is 0 Å². The van der Waals surface area contributed by atoms with Gasteiger partial charge in [0, 0.05) is 11.1 Å². The summed E-state index contributed by atoms with van der Waals surface area (Å²) in [5.41, 5.74) is 1.03. The molecule has 9 heteroatoms. The first kappa shape index (κ1) is 19.4. The zero-order chi connectivity index (χ0) is 20.3. The van der Waals surface area contributed by atoms with E-state index in [0.29, 0.717) is 17.2 Å². The Kier molecular flexibility index (Phi) is 5.60. The summed E-state index contributed by atoms with van der Waals surface area (Å²) in [6.07, 6.45) is 0. The molecular formula is C19H15ClFN3O4. The maximum Gasteiger partial charge on any atom is 0.342 e. The Morgan fingerprint density at radius 1 is 1.21 bits per heavy atom. The summed E-state index contributed by atoms with van der Waals surface area (Å²) < 4.78 is 19.5. The van der Waals surface area contributed by atoms with Crippen LogP contribution in [-0.2, 0) is 9.53 Å². The first-order valence-corrected chi connectivity index (χ1v) is 8.49. The first-order chi connectivity index (χ1) is 13.3. The Morgan fingerprint density at radius 3 is 2.64 bits per heavy atom. The second-order valence-electron chi connectivity index (χ2n) is 5.84. The molecule has 3 aromatic rings. The summed E-state index contributed by atoms with van der Waals surface area (Å²) in [5.74, 6) is -1.87. The van der Waals surface area contributed by atoms with Crippen LogP contribution in [0.25, 0.3) is 5.69 Å². The largest absolute Gasteiger partial charge is 0.507 e. The SMILES string of the molecule is Cc1cc(NC(=O)COC(=O)c2cc(Cl)ccc2O)n(-c2ccc(F)cc2)n1. The zero-order valence-corrected chi connectivity index (χ0v) is 15.4. The Balaban J connectivity index is 1.68. The molecule has 0 atom stereocenters. The van der Waals surface area contributed by atoms with Gasteiger partial charge in [0.05, 0.1) is 11.4 Å². The lowest BCUT2D eigenvalue weighted by atomic mass is 10.2. The quantitative estimate of drug-likeness (QED) is 0.636. The van der Waals surface area contributed by atoms with Crippen molar-refractivity contribution in [3.63, 3.8) is 0 Å². The molecule has 1 amide bonds. The van der Waals surface area contributed by atoms with Gasteiger partial charge in [0.25, 0.3) is 5.91 Å². The predicted octanol–water partition coefficient (Wildman–Crippen LogP) is 3.47. The number of phenols is 1. The molecule has 0 radical (unpaired) electrons. The maximum atomic E-state index is 13.1. The van der Waals surface area contributed by atoms with Crippen LogP contribution >= 0.6 is 11.6 Å². The lowest BCUT2D eigenvalue weighted by molar-refractivity contribution is -0.119. The molecule has 0 aliphatic carbocycles. The highest BCUT2D eigenvalue weighted by molar-refractivity contribution is 6.31.